The highest BCUT2D eigenvalue weighted by molar-refractivity contribution is 9.11. The average molecular weight is 914 g/mol. The molecular weight excluding hydrogens is 876 g/mol. The Balaban J connectivity index is 0.000000142. The van der Waals surface area contributed by atoms with Crippen LogP contribution in [0.1, 0.15) is 22.3 Å². The molecule has 0 atom stereocenters. The zero-order valence-electron chi connectivity index (χ0n) is 30.8. The van der Waals surface area contributed by atoms with Gasteiger partial charge in [0, 0.05) is 44.7 Å². The van der Waals surface area contributed by atoms with Gasteiger partial charge in [-0.15, -0.1) is 0 Å². The second kappa shape index (κ2) is 18.9. The summed E-state index contributed by atoms with van der Waals surface area (Å²) >= 11 is 10.2. The number of halogens is 3. The van der Waals surface area contributed by atoms with E-state index in [-0.39, 0.29) is 0 Å². The van der Waals surface area contributed by atoms with Gasteiger partial charge in [0.05, 0.1) is 11.4 Å². The van der Waals surface area contributed by atoms with Crippen LogP contribution >= 0.6 is 47.8 Å². The van der Waals surface area contributed by atoms with E-state index in [0.29, 0.717) is 21.1 Å². The number of rotatable bonds is 5. The molecule has 0 saturated carbocycles. The first-order chi connectivity index (χ1) is 26.6. The number of pyridine rings is 1. The molecule has 3 aromatic heterocycles. The molecule has 0 aliphatic rings. The van der Waals surface area contributed by atoms with Gasteiger partial charge in [-0.1, -0.05) is 166 Å². The topological polar surface area (TPSA) is 77.3 Å². The van der Waals surface area contributed by atoms with Gasteiger partial charge in [0.2, 0.25) is 4.73 Å². The summed E-state index contributed by atoms with van der Waals surface area (Å²) < 4.78 is 2.21. The highest BCUT2D eigenvalue weighted by atomic mass is 79.9. The van der Waals surface area contributed by atoms with Crippen molar-refractivity contribution in [2.75, 3.05) is 0 Å². The summed E-state index contributed by atoms with van der Waals surface area (Å²) in [6.07, 6.45) is 3.65. The van der Waals surface area contributed by atoms with E-state index in [4.69, 9.17) is 4.98 Å². The molecule has 0 unspecified atom stereocenters. The van der Waals surface area contributed by atoms with Crippen LogP contribution in [0.4, 0.5) is 0 Å². The number of aromatic nitrogens is 6. The second-order valence-corrected chi connectivity index (χ2v) is 15.2. The smallest absolute Gasteiger partial charge is 0.200 e. The van der Waals surface area contributed by atoms with Crippen LogP contribution in [0.2, 0.25) is 0 Å². The molecule has 8 rings (SSSR count). The summed E-state index contributed by atoms with van der Waals surface area (Å²) in [5.41, 5.74) is 13.3. The van der Waals surface area contributed by atoms with E-state index in [1.807, 2.05) is 85.2 Å². The average Bonchev–Trinajstić information content (AvgIpc) is 3.19. The molecule has 0 amide bonds. The standard InChI is InChI=1S/C17H14BrN3.C17H12BrN.C12H11BrN2/c1-11-3-7-13(8-4-11)15-19-16(21-17(18)20-15)14-9-5-12(2)6-10-14;18-15-11-16(13-7-3-1-4-8-13)19-17(12-15)14-9-5-2-6-10-14;1-8-3-9(2)5-10(4-8)11-6-14-12(13)15-7-11/h3-10H,1-2H3;1-12H;3-7H,1-2H3. The first kappa shape index (κ1) is 39.5. The normalized spacial score (nSPS) is 10.5. The summed E-state index contributed by atoms with van der Waals surface area (Å²) in [4.78, 5) is 26.3. The lowest BCUT2D eigenvalue weighted by atomic mass is 10.0. The largest absolute Gasteiger partial charge is 0.248 e. The first-order valence-electron chi connectivity index (χ1n) is 17.5. The maximum Gasteiger partial charge on any atom is 0.200 e. The molecule has 5 aromatic carbocycles. The van der Waals surface area contributed by atoms with Crippen molar-refractivity contribution >= 4 is 47.8 Å². The molecule has 0 spiro atoms. The molecule has 55 heavy (non-hydrogen) atoms. The van der Waals surface area contributed by atoms with Crippen molar-refractivity contribution in [3.05, 3.63) is 188 Å². The zero-order chi connectivity index (χ0) is 38.7. The van der Waals surface area contributed by atoms with Crippen LogP contribution in [-0.2, 0) is 0 Å². The minimum atomic E-state index is 0.545. The number of aryl methyl sites for hydroxylation is 4. The Hall–Kier alpha value is -5.22. The monoisotopic (exact) mass is 910 g/mol. The van der Waals surface area contributed by atoms with Crippen molar-refractivity contribution in [2.24, 2.45) is 0 Å². The van der Waals surface area contributed by atoms with E-state index >= 15 is 0 Å². The van der Waals surface area contributed by atoms with E-state index in [9.17, 15) is 0 Å². The molecule has 0 radical (unpaired) electrons. The van der Waals surface area contributed by atoms with Crippen molar-refractivity contribution < 1.29 is 0 Å². The first-order valence-corrected chi connectivity index (χ1v) is 19.9. The van der Waals surface area contributed by atoms with Gasteiger partial charge in [0.25, 0.3) is 0 Å². The fraction of sp³-hybridized carbons (Fsp3) is 0.0870. The van der Waals surface area contributed by atoms with Crippen LogP contribution in [0.25, 0.3) is 56.4 Å². The second-order valence-electron chi connectivity index (χ2n) is 12.9. The minimum Gasteiger partial charge on any atom is -0.248 e. The van der Waals surface area contributed by atoms with Gasteiger partial charge in [0.15, 0.2) is 16.4 Å². The predicted molar refractivity (Wildman–Crippen MR) is 235 cm³/mol. The summed E-state index contributed by atoms with van der Waals surface area (Å²) in [7, 11) is 0. The van der Waals surface area contributed by atoms with Crippen LogP contribution in [-0.4, -0.2) is 29.9 Å². The number of benzene rings is 5. The number of hydrogen-bond acceptors (Lipinski definition) is 6. The fourth-order valence-electron chi connectivity index (χ4n) is 5.63. The van der Waals surface area contributed by atoms with Gasteiger partial charge in [0.1, 0.15) is 0 Å². The molecule has 6 nitrogen and oxygen atoms in total. The molecule has 0 aliphatic heterocycles. The van der Waals surface area contributed by atoms with E-state index < -0.39 is 0 Å². The quantitative estimate of drug-likeness (QED) is 0.160. The third kappa shape index (κ3) is 11.4. The maximum atomic E-state index is 4.74. The van der Waals surface area contributed by atoms with Crippen LogP contribution in [0.3, 0.4) is 0 Å². The molecule has 0 fully saturated rings. The van der Waals surface area contributed by atoms with Crippen LogP contribution in [0.5, 0.6) is 0 Å². The summed E-state index contributed by atoms with van der Waals surface area (Å²) in [5, 5.41) is 0. The number of hydrogen-bond donors (Lipinski definition) is 0. The molecule has 0 aliphatic carbocycles. The molecule has 3 heterocycles. The van der Waals surface area contributed by atoms with Crippen molar-refractivity contribution in [3.63, 3.8) is 0 Å². The Morgan fingerprint density at radius 3 is 1.22 bits per heavy atom. The molecule has 0 bridgehead atoms. The molecule has 9 heteroatoms. The SMILES string of the molecule is Brc1cc(-c2ccccc2)nc(-c2ccccc2)c1.Cc1cc(C)cc(-c2cnc(Br)nc2)c1.Cc1ccc(-c2nc(Br)nc(-c3ccc(C)cc3)n2)cc1. The van der Waals surface area contributed by atoms with Crippen molar-refractivity contribution in [1.29, 1.82) is 0 Å². The van der Waals surface area contributed by atoms with Gasteiger partial charge in [-0.2, -0.15) is 0 Å². The van der Waals surface area contributed by atoms with Gasteiger partial charge in [-0.3, -0.25) is 0 Å². The predicted octanol–water partition coefficient (Wildman–Crippen LogP) is 13.3. The molecule has 272 valence electrons. The van der Waals surface area contributed by atoms with Crippen LogP contribution in [0, 0.1) is 27.7 Å². The highest BCUT2D eigenvalue weighted by Gasteiger charge is 2.09. The van der Waals surface area contributed by atoms with E-state index in [1.54, 1.807) is 0 Å². The van der Waals surface area contributed by atoms with Gasteiger partial charge in [-0.05, 0) is 77.3 Å². The van der Waals surface area contributed by atoms with E-state index in [1.165, 1.54) is 27.8 Å². The molecule has 0 N–H and O–H groups in total. The Morgan fingerprint density at radius 2 is 0.782 bits per heavy atom. The van der Waals surface area contributed by atoms with Gasteiger partial charge >= 0.3 is 0 Å². The van der Waals surface area contributed by atoms with E-state index in [2.05, 4.69) is 167 Å². The third-order valence-corrected chi connectivity index (χ3v) is 9.55. The summed E-state index contributed by atoms with van der Waals surface area (Å²) in [5.74, 6) is 1.35. The Kier molecular flexibility index (Phi) is 13.6. The maximum absolute atomic E-state index is 4.74. The fourth-order valence-corrected chi connectivity index (χ4v) is 6.60. The Morgan fingerprint density at radius 1 is 0.345 bits per heavy atom. The van der Waals surface area contributed by atoms with Gasteiger partial charge < -0.3 is 0 Å². The van der Waals surface area contributed by atoms with Gasteiger partial charge in [-0.25, -0.2) is 29.9 Å². The lowest BCUT2D eigenvalue weighted by molar-refractivity contribution is 1.03. The van der Waals surface area contributed by atoms with Crippen molar-refractivity contribution in [2.45, 2.75) is 27.7 Å². The lowest BCUT2D eigenvalue weighted by Gasteiger charge is -2.06. The highest BCUT2D eigenvalue weighted by Crippen LogP contribution is 2.27. The molecule has 0 saturated heterocycles. The summed E-state index contributed by atoms with van der Waals surface area (Å²) in [6, 6.07) is 47.3. The minimum absolute atomic E-state index is 0.545. The zero-order valence-corrected chi connectivity index (χ0v) is 35.5. The Labute approximate surface area is 347 Å². The van der Waals surface area contributed by atoms with Crippen LogP contribution in [0.15, 0.2) is 166 Å². The van der Waals surface area contributed by atoms with Crippen molar-refractivity contribution in [1.82, 2.24) is 29.9 Å². The molecular formula is C46H37Br3N6. The summed E-state index contributed by atoms with van der Waals surface area (Å²) in [6.45, 7) is 8.31. The molecule has 8 aromatic rings. The van der Waals surface area contributed by atoms with Crippen molar-refractivity contribution in [3.8, 4) is 56.4 Å². The number of nitrogens with zero attached hydrogens (tertiary/aromatic N) is 6. The Bertz CT molecular complexity index is 2330. The lowest BCUT2D eigenvalue weighted by Crippen LogP contribution is -1.97. The third-order valence-electron chi connectivity index (χ3n) is 8.33. The van der Waals surface area contributed by atoms with Crippen LogP contribution < -0.4 is 0 Å². The van der Waals surface area contributed by atoms with E-state index in [0.717, 1.165) is 43.7 Å².